The average molecular weight is 217 g/mol. The SMILES string of the molecule is CCCC(=O)NNC(=S)NC(=O)CC. The molecule has 0 saturated heterocycles. The molecule has 0 fully saturated rings. The van der Waals surface area contributed by atoms with Crippen molar-refractivity contribution in [2.45, 2.75) is 33.1 Å². The van der Waals surface area contributed by atoms with E-state index in [1.165, 1.54) is 0 Å². The zero-order chi connectivity index (χ0) is 11.0. The topological polar surface area (TPSA) is 70.2 Å². The molecule has 0 radical (unpaired) electrons. The third-order valence-corrected chi connectivity index (χ3v) is 1.57. The molecule has 0 aromatic rings. The van der Waals surface area contributed by atoms with Crippen LogP contribution in [0.5, 0.6) is 0 Å². The molecule has 0 aliphatic heterocycles. The number of amides is 2. The first-order valence-corrected chi connectivity index (χ1v) is 4.89. The molecule has 5 nitrogen and oxygen atoms in total. The van der Waals surface area contributed by atoms with Crippen molar-refractivity contribution < 1.29 is 9.59 Å². The molecule has 0 spiro atoms. The summed E-state index contributed by atoms with van der Waals surface area (Å²) in [6.07, 6.45) is 1.55. The first kappa shape index (κ1) is 12.8. The molecule has 14 heavy (non-hydrogen) atoms. The molecule has 0 heterocycles. The predicted octanol–water partition coefficient (Wildman–Crippen LogP) is 0.218. The fraction of sp³-hybridized carbons (Fsp3) is 0.625. The minimum atomic E-state index is -0.188. The number of carbonyl (C=O) groups is 2. The van der Waals surface area contributed by atoms with Crippen molar-refractivity contribution in [2.24, 2.45) is 0 Å². The van der Waals surface area contributed by atoms with Gasteiger partial charge in [0.05, 0.1) is 0 Å². The fourth-order valence-corrected chi connectivity index (χ4v) is 0.827. The van der Waals surface area contributed by atoms with Gasteiger partial charge in [-0.15, -0.1) is 0 Å². The summed E-state index contributed by atoms with van der Waals surface area (Å²) < 4.78 is 0. The molecular formula is C8H15N3O2S. The lowest BCUT2D eigenvalue weighted by atomic mass is 10.3. The normalized spacial score (nSPS) is 9.00. The van der Waals surface area contributed by atoms with Gasteiger partial charge in [-0.05, 0) is 18.6 Å². The van der Waals surface area contributed by atoms with Crippen LogP contribution in [0.2, 0.25) is 0 Å². The smallest absolute Gasteiger partial charge is 0.238 e. The van der Waals surface area contributed by atoms with E-state index in [2.05, 4.69) is 16.2 Å². The van der Waals surface area contributed by atoms with Crippen molar-refractivity contribution >= 4 is 29.1 Å². The Hall–Kier alpha value is -1.17. The predicted molar refractivity (Wildman–Crippen MR) is 57.2 cm³/mol. The summed E-state index contributed by atoms with van der Waals surface area (Å²) in [5.41, 5.74) is 4.80. The van der Waals surface area contributed by atoms with Gasteiger partial charge in [-0.1, -0.05) is 13.8 Å². The Balaban J connectivity index is 3.63. The number of thiocarbonyl (C=S) groups is 1. The van der Waals surface area contributed by atoms with Crippen LogP contribution in [-0.4, -0.2) is 16.9 Å². The standard InChI is InChI=1S/C8H15N3O2S/c1-3-5-7(13)10-11-8(14)9-6(12)4-2/h3-5H2,1-2H3,(H,10,13)(H2,9,11,12,14). The molecule has 0 rings (SSSR count). The lowest BCUT2D eigenvalue weighted by Crippen LogP contribution is -2.48. The molecule has 0 aromatic carbocycles. The summed E-state index contributed by atoms with van der Waals surface area (Å²) in [6, 6.07) is 0. The van der Waals surface area contributed by atoms with E-state index in [-0.39, 0.29) is 16.9 Å². The molecule has 6 heteroatoms. The van der Waals surface area contributed by atoms with Gasteiger partial charge < -0.3 is 5.32 Å². The highest BCUT2D eigenvalue weighted by molar-refractivity contribution is 7.80. The van der Waals surface area contributed by atoms with Gasteiger partial charge in [0.2, 0.25) is 11.8 Å². The van der Waals surface area contributed by atoms with Gasteiger partial charge in [-0.2, -0.15) is 0 Å². The van der Waals surface area contributed by atoms with E-state index in [1.807, 2.05) is 6.92 Å². The van der Waals surface area contributed by atoms with Crippen LogP contribution in [0.4, 0.5) is 0 Å². The Labute approximate surface area is 88.6 Å². The molecule has 0 unspecified atom stereocenters. The number of carbonyl (C=O) groups excluding carboxylic acids is 2. The molecule has 3 N–H and O–H groups in total. The number of nitrogens with one attached hydrogen (secondary N) is 3. The molecular weight excluding hydrogens is 202 g/mol. The molecule has 0 aliphatic carbocycles. The summed E-state index contributed by atoms with van der Waals surface area (Å²) in [5.74, 6) is -0.340. The highest BCUT2D eigenvalue weighted by atomic mass is 32.1. The molecule has 0 saturated carbocycles. The summed E-state index contributed by atoms with van der Waals surface area (Å²) >= 11 is 4.74. The monoisotopic (exact) mass is 217 g/mol. The van der Waals surface area contributed by atoms with Crippen molar-refractivity contribution in [3.63, 3.8) is 0 Å². The molecule has 0 bridgehead atoms. The van der Waals surface area contributed by atoms with Gasteiger partial charge in [0.1, 0.15) is 0 Å². The summed E-state index contributed by atoms with van der Waals surface area (Å²) in [5, 5.41) is 2.51. The van der Waals surface area contributed by atoms with Crippen LogP contribution < -0.4 is 16.2 Å². The maximum atomic E-state index is 11.0. The Morgan fingerprint density at radius 3 is 2.29 bits per heavy atom. The fourth-order valence-electron chi connectivity index (χ4n) is 0.662. The quantitative estimate of drug-likeness (QED) is 0.467. The second-order valence-electron chi connectivity index (χ2n) is 2.65. The lowest BCUT2D eigenvalue weighted by molar-refractivity contribution is -0.122. The maximum Gasteiger partial charge on any atom is 0.238 e. The zero-order valence-electron chi connectivity index (χ0n) is 8.35. The largest absolute Gasteiger partial charge is 0.302 e. The van der Waals surface area contributed by atoms with Gasteiger partial charge in [-0.3, -0.25) is 20.4 Å². The van der Waals surface area contributed by atoms with Gasteiger partial charge in [0.25, 0.3) is 0 Å². The molecule has 2 amide bonds. The molecule has 0 aliphatic rings. The lowest BCUT2D eigenvalue weighted by Gasteiger charge is -2.09. The van der Waals surface area contributed by atoms with E-state index >= 15 is 0 Å². The summed E-state index contributed by atoms with van der Waals surface area (Å²) in [6.45, 7) is 3.62. The average Bonchev–Trinajstić information content (AvgIpc) is 2.15. The highest BCUT2D eigenvalue weighted by Gasteiger charge is 2.02. The van der Waals surface area contributed by atoms with E-state index in [4.69, 9.17) is 12.2 Å². The summed E-state index contributed by atoms with van der Waals surface area (Å²) in [7, 11) is 0. The number of hydrogen-bond acceptors (Lipinski definition) is 3. The second kappa shape index (κ2) is 7.25. The second-order valence-corrected chi connectivity index (χ2v) is 3.06. The van der Waals surface area contributed by atoms with Crippen LogP contribution in [0, 0.1) is 0 Å². The van der Waals surface area contributed by atoms with E-state index in [0.717, 1.165) is 6.42 Å². The van der Waals surface area contributed by atoms with Gasteiger partial charge >= 0.3 is 0 Å². The third-order valence-electron chi connectivity index (χ3n) is 1.37. The van der Waals surface area contributed by atoms with Gasteiger partial charge in [-0.25, -0.2) is 0 Å². The van der Waals surface area contributed by atoms with Crippen molar-refractivity contribution in [3.05, 3.63) is 0 Å². The maximum absolute atomic E-state index is 11.0. The summed E-state index contributed by atoms with van der Waals surface area (Å²) in [4.78, 5) is 21.8. The Morgan fingerprint density at radius 1 is 1.14 bits per heavy atom. The van der Waals surface area contributed by atoms with E-state index in [9.17, 15) is 9.59 Å². The molecule has 0 atom stereocenters. The minimum Gasteiger partial charge on any atom is -0.302 e. The van der Waals surface area contributed by atoms with Gasteiger partial charge in [0.15, 0.2) is 5.11 Å². The Bertz CT molecular complexity index is 231. The van der Waals surface area contributed by atoms with Crippen LogP contribution in [0.3, 0.4) is 0 Å². The van der Waals surface area contributed by atoms with Crippen LogP contribution in [0.15, 0.2) is 0 Å². The Morgan fingerprint density at radius 2 is 1.79 bits per heavy atom. The van der Waals surface area contributed by atoms with Crippen LogP contribution in [0.25, 0.3) is 0 Å². The van der Waals surface area contributed by atoms with Crippen molar-refractivity contribution in [1.29, 1.82) is 0 Å². The third kappa shape index (κ3) is 6.36. The van der Waals surface area contributed by atoms with Crippen molar-refractivity contribution in [1.82, 2.24) is 16.2 Å². The van der Waals surface area contributed by atoms with Crippen molar-refractivity contribution in [3.8, 4) is 0 Å². The van der Waals surface area contributed by atoms with Crippen LogP contribution >= 0.6 is 12.2 Å². The first-order chi connectivity index (χ1) is 6.60. The zero-order valence-corrected chi connectivity index (χ0v) is 9.16. The number of rotatable bonds is 3. The first-order valence-electron chi connectivity index (χ1n) is 4.48. The van der Waals surface area contributed by atoms with Crippen LogP contribution in [0.1, 0.15) is 33.1 Å². The highest BCUT2D eigenvalue weighted by Crippen LogP contribution is 1.83. The van der Waals surface area contributed by atoms with Crippen molar-refractivity contribution in [2.75, 3.05) is 0 Å². The molecule has 80 valence electrons. The van der Waals surface area contributed by atoms with Crippen LogP contribution in [-0.2, 0) is 9.59 Å². The van der Waals surface area contributed by atoms with E-state index < -0.39 is 0 Å². The van der Waals surface area contributed by atoms with E-state index in [1.54, 1.807) is 6.92 Å². The van der Waals surface area contributed by atoms with E-state index in [0.29, 0.717) is 12.8 Å². The minimum absolute atomic E-state index is 0.112. The van der Waals surface area contributed by atoms with Gasteiger partial charge in [0, 0.05) is 12.8 Å². The molecule has 0 aromatic heterocycles. The number of hydrogen-bond donors (Lipinski definition) is 3. The number of hydrazine groups is 1. The Kier molecular flexibility index (Phi) is 6.65.